The van der Waals surface area contributed by atoms with Crippen LogP contribution in [0.3, 0.4) is 0 Å². The van der Waals surface area contributed by atoms with Crippen LogP contribution in [0.15, 0.2) is 36.5 Å². The van der Waals surface area contributed by atoms with E-state index >= 15 is 0 Å². The molecule has 7 nitrogen and oxygen atoms in total. The molecule has 0 bridgehead atoms. The minimum Gasteiger partial charge on any atom is -0.323 e. The lowest BCUT2D eigenvalue weighted by Gasteiger charge is -2.46. The van der Waals surface area contributed by atoms with Gasteiger partial charge in [-0.25, -0.2) is 14.7 Å². The molecule has 1 aromatic carbocycles. The van der Waals surface area contributed by atoms with Gasteiger partial charge in [-0.2, -0.15) is 0 Å². The van der Waals surface area contributed by atoms with Crippen molar-refractivity contribution in [1.82, 2.24) is 14.8 Å². The fourth-order valence-electron chi connectivity index (χ4n) is 4.65. The predicted molar refractivity (Wildman–Crippen MR) is 107 cm³/mol. The minimum atomic E-state index is -0.305. The second-order valence-electron chi connectivity index (χ2n) is 7.95. The fraction of sp³-hybridized carbons (Fsp3) is 0.350. The number of carbonyl (C=O) groups excluding carboxylic acids is 2. The van der Waals surface area contributed by atoms with Gasteiger partial charge in [0.25, 0.3) is 5.91 Å². The maximum Gasteiger partial charge on any atom is 0.330 e. The summed E-state index contributed by atoms with van der Waals surface area (Å²) in [6, 6.07) is 8.31. The van der Waals surface area contributed by atoms with Crippen LogP contribution in [-0.2, 0) is 0 Å². The molecule has 5 rings (SSSR count). The molecule has 1 aromatic heterocycles. The van der Waals surface area contributed by atoms with E-state index in [9.17, 15) is 9.59 Å². The number of aromatic nitrogens is 1. The van der Waals surface area contributed by atoms with Crippen molar-refractivity contribution < 1.29 is 9.59 Å². The normalized spacial score (nSPS) is 20.3. The van der Waals surface area contributed by atoms with Crippen molar-refractivity contribution in [2.24, 2.45) is 5.41 Å². The summed E-state index contributed by atoms with van der Waals surface area (Å²) in [5, 5.41) is 3.29. The lowest BCUT2D eigenvalue weighted by atomic mass is 9.79. The molecule has 0 atom stereocenters. The summed E-state index contributed by atoms with van der Waals surface area (Å²) in [5.74, 6) is 0.120. The highest BCUT2D eigenvalue weighted by atomic mass is 35.5. The zero-order valence-corrected chi connectivity index (χ0v) is 16.2. The number of carbonyl (C=O) groups is 2. The van der Waals surface area contributed by atoms with Gasteiger partial charge in [0.05, 0.1) is 16.9 Å². The number of pyridine rings is 1. The minimum absolute atomic E-state index is 0.161. The fourth-order valence-corrected chi connectivity index (χ4v) is 4.82. The zero-order chi connectivity index (χ0) is 19.5. The van der Waals surface area contributed by atoms with Gasteiger partial charge in [-0.15, -0.1) is 0 Å². The molecule has 2 aromatic rings. The third-order valence-electron chi connectivity index (χ3n) is 5.80. The van der Waals surface area contributed by atoms with Gasteiger partial charge in [0.15, 0.2) is 5.82 Å². The summed E-state index contributed by atoms with van der Waals surface area (Å²) in [4.78, 5) is 36.5. The maximum absolute atomic E-state index is 13.6. The first-order valence-electron chi connectivity index (χ1n) is 9.29. The van der Waals surface area contributed by atoms with Crippen molar-refractivity contribution in [2.45, 2.75) is 6.42 Å². The lowest BCUT2D eigenvalue weighted by molar-refractivity contribution is 0.0339. The lowest BCUT2D eigenvalue weighted by Crippen LogP contribution is -2.56. The summed E-state index contributed by atoms with van der Waals surface area (Å²) < 4.78 is 0. The molecule has 3 aliphatic rings. The van der Waals surface area contributed by atoms with E-state index in [-0.39, 0.29) is 17.4 Å². The predicted octanol–water partition coefficient (Wildman–Crippen LogP) is 3.20. The van der Waals surface area contributed by atoms with Gasteiger partial charge in [0.1, 0.15) is 0 Å². The van der Waals surface area contributed by atoms with Crippen LogP contribution < -0.4 is 10.2 Å². The molecule has 3 aliphatic heterocycles. The Balaban J connectivity index is 1.57. The molecule has 2 fully saturated rings. The average Bonchev–Trinajstić information content (AvgIpc) is 3.04. The van der Waals surface area contributed by atoms with Gasteiger partial charge in [0, 0.05) is 42.8 Å². The summed E-state index contributed by atoms with van der Waals surface area (Å²) in [7, 11) is 2.10. The monoisotopic (exact) mass is 397 g/mol. The van der Waals surface area contributed by atoms with Crippen molar-refractivity contribution in [1.29, 1.82) is 0 Å². The van der Waals surface area contributed by atoms with E-state index in [4.69, 9.17) is 11.6 Å². The molecular formula is C20H20ClN5O2. The molecule has 0 unspecified atom stereocenters. The standard InChI is InChI=1S/C20H20ClN5O2/c1-24-10-20(11-24)6-8-25(12-20)19(28)26-16-5-4-13(21)9-14(16)18(27)23-15-3-2-7-22-17(15)26/h2-5,7,9H,6,8,10-12H2,1H3,(H,23,27). The molecule has 1 spiro atoms. The Labute approximate surface area is 167 Å². The molecule has 144 valence electrons. The average molecular weight is 398 g/mol. The van der Waals surface area contributed by atoms with E-state index in [1.54, 1.807) is 41.4 Å². The van der Waals surface area contributed by atoms with Gasteiger partial charge < -0.3 is 15.1 Å². The van der Waals surface area contributed by atoms with Crippen LogP contribution >= 0.6 is 11.6 Å². The molecule has 4 heterocycles. The van der Waals surface area contributed by atoms with Gasteiger partial charge in [-0.1, -0.05) is 11.6 Å². The number of amides is 3. The third kappa shape index (κ3) is 2.65. The Kier molecular flexibility index (Phi) is 3.86. The summed E-state index contributed by atoms with van der Waals surface area (Å²) >= 11 is 6.12. The van der Waals surface area contributed by atoms with E-state index in [1.807, 2.05) is 4.90 Å². The van der Waals surface area contributed by atoms with Crippen LogP contribution in [-0.4, -0.2) is 59.9 Å². The quantitative estimate of drug-likeness (QED) is 0.741. The zero-order valence-electron chi connectivity index (χ0n) is 15.5. The highest BCUT2D eigenvalue weighted by molar-refractivity contribution is 6.31. The van der Waals surface area contributed by atoms with Gasteiger partial charge in [-0.3, -0.25) is 4.79 Å². The Bertz CT molecular complexity index is 988. The number of fused-ring (bicyclic) bond motifs is 2. The van der Waals surface area contributed by atoms with Crippen LogP contribution in [0.2, 0.25) is 5.02 Å². The topological polar surface area (TPSA) is 68.8 Å². The van der Waals surface area contributed by atoms with E-state index in [1.165, 1.54) is 0 Å². The van der Waals surface area contributed by atoms with Crippen molar-refractivity contribution in [3.8, 4) is 0 Å². The molecule has 1 N–H and O–H groups in total. The van der Waals surface area contributed by atoms with Gasteiger partial charge in [-0.05, 0) is 43.8 Å². The van der Waals surface area contributed by atoms with Crippen molar-refractivity contribution in [3.63, 3.8) is 0 Å². The number of halogens is 1. The summed E-state index contributed by atoms with van der Waals surface area (Å²) in [6.07, 6.45) is 2.62. The number of anilines is 3. The van der Waals surface area contributed by atoms with Crippen molar-refractivity contribution in [2.75, 3.05) is 43.4 Å². The second kappa shape index (κ2) is 6.18. The van der Waals surface area contributed by atoms with Crippen LogP contribution in [0.25, 0.3) is 0 Å². The molecular weight excluding hydrogens is 378 g/mol. The number of likely N-dealkylation sites (tertiary alicyclic amines) is 2. The number of nitrogens with one attached hydrogen (secondary N) is 1. The number of nitrogens with zero attached hydrogens (tertiary/aromatic N) is 4. The molecule has 2 saturated heterocycles. The van der Waals surface area contributed by atoms with Gasteiger partial charge in [0.2, 0.25) is 0 Å². The van der Waals surface area contributed by atoms with E-state index in [0.29, 0.717) is 34.3 Å². The number of urea groups is 1. The highest BCUT2D eigenvalue weighted by Crippen LogP contribution is 2.42. The molecule has 0 aliphatic carbocycles. The van der Waals surface area contributed by atoms with E-state index < -0.39 is 0 Å². The first-order chi connectivity index (χ1) is 13.5. The first-order valence-corrected chi connectivity index (χ1v) is 9.67. The number of hydrogen-bond donors (Lipinski definition) is 1. The van der Waals surface area contributed by atoms with Crippen LogP contribution in [0.1, 0.15) is 16.8 Å². The summed E-state index contributed by atoms with van der Waals surface area (Å²) in [6.45, 7) is 3.45. The highest BCUT2D eigenvalue weighted by Gasteiger charge is 2.48. The van der Waals surface area contributed by atoms with Crippen LogP contribution in [0.5, 0.6) is 0 Å². The smallest absolute Gasteiger partial charge is 0.323 e. The summed E-state index contributed by atoms with van der Waals surface area (Å²) in [5.41, 5.74) is 1.55. The van der Waals surface area contributed by atoms with E-state index in [0.717, 1.165) is 26.1 Å². The third-order valence-corrected chi connectivity index (χ3v) is 6.04. The molecule has 0 saturated carbocycles. The van der Waals surface area contributed by atoms with Crippen molar-refractivity contribution in [3.05, 3.63) is 47.1 Å². The maximum atomic E-state index is 13.6. The van der Waals surface area contributed by atoms with Crippen molar-refractivity contribution >= 4 is 40.7 Å². The Hall–Kier alpha value is -2.64. The number of hydrogen-bond acceptors (Lipinski definition) is 4. The molecule has 0 radical (unpaired) electrons. The van der Waals surface area contributed by atoms with Gasteiger partial charge >= 0.3 is 6.03 Å². The number of benzene rings is 1. The Morgan fingerprint density at radius 1 is 1.25 bits per heavy atom. The Morgan fingerprint density at radius 3 is 2.86 bits per heavy atom. The SMILES string of the molecule is CN1CC2(CCN(C(=O)N3c4ccc(Cl)cc4C(=O)Nc4cccnc43)C2)C1. The van der Waals surface area contributed by atoms with Crippen LogP contribution in [0, 0.1) is 5.41 Å². The van der Waals surface area contributed by atoms with E-state index in [2.05, 4.69) is 22.2 Å². The second-order valence-corrected chi connectivity index (χ2v) is 8.39. The first kappa shape index (κ1) is 17.5. The van der Waals surface area contributed by atoms with Crippen LogP contribution in [0.4, 0.5) is 22.0 Å². The molecule has 28 heavy (non-hydrogen) atoms. The largest absolute Gasteiger partial charge is 0.330 e. The molecule has 8 heteroatoms. The number of rotatable bonds is 0. The Morgan fingerprint density at radius 2 is 2.07 bits per heavy atom. The molecule has 3 amide bonds.